The summed E-state index contributed by atoms with van der Waals surface area (Å²) in [6.07, 6.45) is 2.71. The molecule has 2 heterocycles. The first-order chi connectivity index (χ1) is 9.74. The maximum atomic E-state index is 12.2. The van der Waals surface area contributed by atoms with E-state index >= 15 is 0 Å². The average molecular weight is 275 g/mol. The number of hydrogen-bond donors (Lipinski definition) is 2. The van der Waals surface area contributed by atoms with E-state index < -0.39 is 0 Å². The van der Waals surface area contributed by atoms with Crippen LogP contribution in [0.25, 0.3) is 0 Å². The van der Waals surface area contributed by atoms with Crippen molar-refractivity contribution in [2.45, 2.75) is 18.6 Å². The van der Waals surface area contributed by atoms with Crippen molar-refractivity contribution in [3.8, 4) is 6.07 Å². The minimum absolute atomic E-state index is 0.0868. The van der Waals surface area contributed by atoms with Gasteiger partial charge in [-0.25, -0.2) is 0 Å². The lowest BCUT2D eigenvalue weighted by Gasteiger charge is -2.47. The SMILES string of the molecule is COC[C@@H]1[C@@H](NC(=O)c2cc(C#N)c[nH]2)[C@@H]2CCO[C@H]12. The van der Waals surface area contributed by atoms with Crippen molar-refractivity contribution in [2.24, 2.45) is 11.8 Å². The van der Waals surface area contributed by atoms with Crippen molar-refractivity contribution in [2.75, 3.05) is 20.3 Å². The molecule has 2 fully saturated rings. The van der Waals surface area contributed by atoms with Crippen LogP contribution in [0.5, 0.6) is 0 Å². The van der Waals surface area contributed by atoms with Crippen LogP contribution >= 0.6 is 0 Å². The lowest BCUT2D eigenvalue weighted by atomic mass is 9.67. The largest absolute Gasteiger partial charge is 0.384 e. The summed E-state index contributed by atoms with van der Waals surface area (Å²) in [5.74, 6) is 0.411. The van der Waals surface area contributed by atoms with Gasteiger partial charge in [0.05, 0.1) is 18.3 Å². The van der Waals surface area contributed by atoms with Crippen molar-refractivity contribution in [3.05, 3.63) is 23.5 Å². The highest BCUT2D eigenvalue weighted by molar-refractivity contribution is 5.93. The topological polar surface area (TPSA) is 87.1 Å². The van der Waals surface area contributed by atoms with Gasteiger partial charge in [0.2, 0.25) is 0 Å². The van der Waals surface area contributed by atoms with Gasteiger partial charge in [-0.1, -0.05) is 0 Å². The number of methoxy groups -OCH3 is 1. The Kier molecular flexibility index (Phi) is 3.47. The zero-order valence-electron chi connectivity index (χ0n) is 11.3. The molecule has 2 N–H and O–H groups in total. The molecule has 4 atom stereocenters. The molecule has 0 spiro atoms. The molecule has 0 unspecified atom stereocenters. The third kappa shape index (κ3) is 2.09. The third-order valence-corrected chi connectivity index (χ3v) is 4.24. The number of fused-ring (bicyclic) bond motifs is 1. The van der Waals surface area contributed by atoms with E-state index in [0.29, 0.717) is 23.8 Å². The number of hydrogen-bond acceptors (Lipinski definition) is 4. The number of carbonyl (C=O) groups excluding carboxylic acids is 1. The molecule has 1 aromatic heterocycles. The van der Waals surface area contributed by atoms with Crippen LogP contribution in [-0.2, 0) is 9.47 Å². The Balaban J connectivity index is 1.67. The summed E-state index contributed by atoms with van der Waals surface area (Å²) in [6.45, 7) is 1.34. The standard InChI is InChI=1S/C14H17N3O3/c1-19-7-10-12(9-2-3-20-13(9)10)17-14(18)11-4-8(5-15)6-16-11/h4,6,9-10,12-13,16H,2-3,7H2,1H3,(H,17,18)/t9-,10+,12-,13-/m0/s1. The van der Waals surface area contributed by atoms with E-state index in [9.17, 15) is 4.79 Å². The number of aromatic amines is 1. The fourth-order valence-corrected chi connectivity index (χ4v) is 3.25. The first-order valence-corrected chi connectivity index (χ1v) is 6.74. The fraction of sp³-hybridized carbons (Fsp3) is 0.571. The van der Waals surface area contributed by atoms with Crippen LogP contribution in [-0.4, -0.2) is 43.4 Å². The molecule has 1 saturated carbocycles. The van der Waals surface area contributed by atoms with Crippen molar-refractivity contribution in [3.63, 3.8) is 0 Å². The third-order valence-electron chi connectivity index (χ3n) is 4.24. The summed E-state index contributed by atoms with van der Waals surface area (Å²) in [5.41, 5.74) is 0.874. The van der Waals surface area contributed by atoms with E-state index in [-0.39, 0.29) is 24.0 Å². The monoisotopic (exact) mass is 275 g/mol. The van der Waals surface area contributed by atoms with Gasteiger partial charge in [-0.3, -0.25) is 4.79 Å². The number of nitrogens with one attached hydrogen (secondary N) is 2. The van der Waals surface area contributed by atoms with E-state index in [1.54, 1.807) is 13.2 Å². The summed E-state index contributed by atoms with van der Waals surface area (Å²) < 4.78 is 10.9. The van der Waals surface area contributed by atoms with Crippen LogP contribution in [0.15, 0.2) is 12.3 Å². The molecule has 106 valence electrons. The first kappa shape index (κ1) is 13.2. The van der Waals surface area contributed by atoms with Gasteiger partial charge in [0, 0.05) is 37.8 Å². The summed E-state index contributed by atoms with van der Waals surface area (Å²) in [4.78, 5) is 15.0. The Hall–Kier alpha value is -1.84. The predicted molar refractivity (Wildman–Crippen MR) is 70.0 cm³/mol. The van der Waals surface area contributed by atoms with E-state index in [4.69, 9.17) is 14.7 Å². The highest BCUT2D eigenvalue weighted by Gasteiger charge is 2.54. The smallest absolute Gasteiger partial charge is 0.267 e. The molecular weight excluding hydrogens is 258 g/mol. The highest BCUT2D eigenvalue weighted by Crippen LogP contribution is 2.43. The van der Waals surface area contributed by atoms with Crippen molar-refractivity contribution in [1.82, 2.24) is 10.3 Å². The average Bonchev–Trinajstić information content (AvgIpc) is 3.09. The number of H-pyrrole nitrogens is 1. The Morgan fingerprint density at radius 1 is 1.70 bits per heavy atom. The van der Waals surface area contributed by atoms with E-state index in [1.807, 2.05) is 6.07 Å². The van der Waals surface area contributed by atoms with Crippen molar-refractivity contribution < 1.29 is 14.3 Å². The van der Waals surface area contributed by atoms with Crippen molar-refractivity contribution >= 4 is 5.91 Å². The van der Waals surface area contributed by atoms with Gasteiger partial charge in [0.1, 0.15) is 11.8 Å². The zero-order chi connectivity index (χ0) is 14.1. The number of carbonyl (C=O) groups is 1. The Morgan fingerprint density at radius 3 is 3.25 bits per heavy atom. The number of ether oxygens (including phenoxy) is 2. The number of rotatable bonds is 4. The van der Waals surface area contributed by atoms with E-state index in [1.165, 1.54) is 6.20 Å². The van der Waals surface area contributed by atoms with Gasteiger partial charge in [-0.05, 0) is 12.5 Å². The van der Waals surface area contributed by atoms with E-state index in [0.717, 1.165) is 13.0 Å². The molecule has 6 nitrogen and oxygen atoms in total. The normalized spacial score (nSPS) is 31.2. The second-order valence-electron chi connectivity index (χ2n) is 5.32. The Bertz CT molecular complexity index is 548. The summed E-state index contributed by atoms with van der Waals surface area (Å²) >= 11 is 0. The lowest BCUT2D eigenvalue weighted by molar-refractivity contribution is -0.0810. The number of aromatic nitrogens is 1. The molecule has 0 aromatic carbocycles. The minimum Gasteiger partial charge on any atom is -0.384 e. The maximum Gasteiger partial charge on any atom is 0.267 e. The molecule has 3 rings (SSSR count). The fourth-order valence-electron chi connectivity index (χ4n) is 3.25. The van der Waals surface area contributed by atoms with Gasteiger partial charge >= 0.3 is 0 Å². The quantitative estimate of drug-likeness (QED) is 0.845. The molecule has 1 aromatic rings. The van der Waals surface area contributed by atoms with E-state index in [2.05, 4.69) is 10.3 Å². The molecule has 20 heavy (non-hydrogen) atoms. The molecule has 1 aliphatic carbocycles. The number of nitriles is 1. The van der Waals surface area contributed by atoms with Gasteiger partial charge in [-0.2, -0.15) is 5.26 Å². The number of amides is 1. The van der Waals surface area contributed by atoms with Gasteiger partial charge in [-0.15, -0.1) is 0 Å². The second kappa shape index (κ2) is 5.27. The van der Waals surface area contributed by atoms with Crippen LogP contribution in [0.2, 0.25) is 0 Å². The van der Waals surface area contributed by atoms with Crippen LogP contribution in [0.1, 0.15) is 22.5 Å². The molecule has 1 saturated heterocycles. The van der Waals surface area contributed by atoms with Crippen LogP contribution in [0, 0.1) is 23.2 Å². The van der Waals surface area contributed by atoms with Gasteiger partial charge in [0.15, 0.2) is 0 Å². The second-order valence-corrected chi connectivity index (χ2v) is 5.32. The lowest BCUT2D eigenvalue weighted by Crippen LogP contribution is -2.62. The number of nitrogens with zero attached hydrogens (tertiary/aromatic N) is 1. The molecule has 0 radical (unpaired) electrons. The van der Waals surface area contributed by atoms with Gasteiger partial charge in [0.25, 0.3) is 5.91 Å². The van der Waals surface area contributed by atoms with Crippen molar-refractivity contribution in [1.29, 1.82) is 5.26 Å². The molecule has 2 aliphatic rings. The predicted octanol–water partition coefficient (Wildman–Crippen LogP) is 0.666. The Morgan fingerprint density at radius 2 is 2.55 bits per heavy atom. The molecule has 6 heteroatoms. The van der Waals surface area contributed by atoms with Gasteiger partial charge < -0.3 is 19.8 Å². The molecule has 1 amide bonds. The minimum atomic E-state index is -0.178. The van der Waals surface area contributed by atoms with Crippen LogP contribution < -0.4 is 5.32 Å². The molecule has 0 bridgehead atoms. The summed E-state index contributed by atoms with van der Waals surface area (Å²) in [5, 5.41) is 11.8. The summed E-state index contributed by atoms with van der Waals surface area (Å²) in [7, 11) is 1.66. The van der Waals surface area contributed by atoms with Crippen LogP contribution in [0.3, 0.4) is 0 Å². The summed E-state index contributed by atoms with van der Waals surface area (Å²) in [6, 6.07) is 3.64. The zero-order valence-corrected chi connectivity index (χ0v) is 11.3. The first-order valence-electron chi connectivity index (χ1n) is 6.74. The maximum absolute atomic E-state index is 12.2. The highest BCUT2D eigenvalue weighted by atomic mass is 16.5. The van der Waals surface area contributed by atoms with Crippen LogP contribution in [0.4, 0.5) is 0 Å². The molecule has 1 aliphatic heterocycles. The molecular formula is C14H17N3O3. The Labute approximate surface area is 117 Å².